The molecule has 0 atom stereocenters. The lowest BCUT2D eigenvalue weighted by atomic mass is 10.1. The number of aromatic nitrogens is 2. The zero-order chi connectivity index (χ0) is 15.4. The summed E-state index contributed by atoms with van der Waals surface area (Å²) in [6.07, 6.45) is 0.343. The summed E-state index contributed by atoms with van der Waals surface area (Å²) in [6, 6.07) is 7.55. The van der Waals surface area contributed by atoms with Crippen molar-refractivity contribution in [2.24, 2.45) is 7.05 Å². The van der Waals surface area contributed by atoms with Crippen molar-refractivity contribution in [1.29, 1.82) is 0 Å². The van der Waals surface area contributed by atoms with E-state index in [0.717, 1.165) is 28.3 Å². The number of rotatable bonds is 5. The van der Waals surface area contributed by atoms with Gasteiger partial charge < -0.3 is 10.1 Å². The van der Waals surface area contributed by atoms with Gasteiger partial charge >= 0.3 is 0 Å². The van der Waals surface area contributed by atoms with Gasteiger partial charge in [0.15, 0.2) is 0 Å². The zero-order valence-corrected chi connectivity index (χ0v) is 12.9. The van der Waals surface area contributed by atoms with E-state index < -0.39 is 0 Å². The molecule has 0 spiro atoms. The van der Waals surface area contributed by atoms with Gasteiger partial charge in [0.05, 0.1) is 19.2 Å². The summed E-state index contributed by atoms with van der Waals surface area (Å²) in [7, 11) is 3.52. The number of methoxy groups -OCH3 is 1. The van der Waals surface area contributed by atoms with Crippen LogP contribution in [0.5, 0.6) is 5.75 Å². The Morgan fingerprint density at radius 3 is 2.76 bits per heavy atom. The van der Waals surface area contributed by atoms with E-state index in [1.165, 1.54) is 0 Å². The van der Waals surface area contributed by atoms with Gasteiger partial charge in [0.25, 0.3) is 0 Å². The Hall–Kier alpha value is -2.30. The maximum absolute atomic E-state index is 12.0. The third kappa shape index (κ3) is 3.62. The maximum atomic E-state index is 12.0. The van der Waals surface area contributed by atoms with E-state index in [1.54, 1.807) is 7.11 Å². The molecule has 0 radical (unpaired) electrons. The van der Waals surface area contributed by atoms with Crippen LogP contribution in [0.2, 0.25) is 0 Å². The van der Waals surface area contributed by atoms with Gasteiger partial charge in [0.2, 0.25) is 5.91 Å². The summed E-state index contributed by atoms with van der Waals surface area (Å²) in [5, 5.41) is 7.29. The van der Waals surface area contributed by atoms with E-state index in [1.807, 2.05) is 49.8 Å². The zero-order valence-electron chi connectivity index (χ0n) is 12.9. The second-order valence-corrected chi connectivity index (χ2v) is 5.08. The van der Waals surface area contributed by atoms with Gasteiger partial charge in [0.1, 0.15) is 5.75 Å². The van der Waals surface area contributed by atoms with Crippen LogP contribution in [-0.4, -0.2) is 22.8 Å². The molecule has 1 aromatic heterocycles. The van der Waals surface area contributed by atoms with E-state index in [2.05, 4.69) is 10.4 Å². The van der Waals surface area contributed by atoms with Crippen LogP contribution in [0, 0.1) is 13.8 Å². The topological polar surface area (TPSA) is 56.1 Å². The quantitative estimate of drug-likeness (QED) is 0.914. The fourth-order valence-corrected chi connectivity index (χ4v) is 2.29. The number of carbonyl (C=O) groups is 1. The van der Waals surface area contributed by atoms with E-state index in [0.29, 0.717) is 13.0 Å². The lowest BCUT2D eigenvalue weighted by Gasteiger charge is -2.07. The summed E-state index contributed by atoms with van der Waals surface area (Å²) in [6.45, 7) is 4.47. The SMILES string of the molecule is COc1cccc(CC(=O)NCc2c(C)nn(C)c2C)c1. The van der Waals surface area contributed by atoms with E-state index >= 15 is 0 Å². The lowest BCUT2D eigenvalue weighted by molar-refractivity contribution is -0.120. The van der Waals surface area contributed by atoms with Gasteiger partial charge in [-0.15, -0.1) is 0 Å². The first-order valence-electron chi connectivity index (χ1n) is 6.90. The average molecular weight is 287 g/mol. The lowest BCUT2D eigenvalue weighted by Crippen LogP contribution is -2.25. The molecule has 0 bridgehead atoms. The van der Waals surface area contributed by atoms with Crippen molar-refractivity contribution in [2.75, 3.05) is 7.11 Å². The van der Waals surface area contributed by atoms with Gasteiger partial charge in [-0.25, -0.2) is 0 Å². The van der Waals surface area contributed by atoms with Crippen molar-refractivity contribution in [1.82, 2.24) is 15.1 Å². The maximum Gasteiger partial charge on any atom is 0.224 e. The van der Waals surface area contributed by atoms with Crippen molar-refractivity contribution in [3.05, 3.63) is 46.8 Å². The number of nitrogens with one attached hydrogen (secondary N) is 1. The van der Waals surface area contributed by atoms with Crippen molar-refractivity contribution >= 4 is 5.91 Å². The largest absolute Gasteiger partial charge is 0.497 e. The smallest absolute Gasteiger partial charge is 0.224 e. The standard InChI is InChI=1S/C16H21N3O2/c1-11-15(12(2)19(3)18-11)10-17-16(20)9-13-6-5-7-14(8-13)21-4/h5-8H,9-10H2,1-4H3,(H,17,20). The van der Waals surface area contributed by atoms with E-state index in [4.69, 9.17) is 4.74 Å². The molecular weight excluding hydrogens is 266 g/mol. The molecular formula is C16H21N3O2. The molecule has 0 fully saturated rings. The van der Waals surface area contributed by atoms with Gasteiger partial charge in [-0.2, -0.15) is 5.10 Å². The first-order valence-corrected chi connectivity index (χ1v) is 6.90. The highest BCUT2D eigenvalue weighted by Crippen LogP contribution is 2.14. The minimum atomic E-state index is -0.00842. The predicted molar refractivity (Wildman–Crippen MR) is 81.2 cm³/mol. The fraction of sp³-hybridized carbons (Fsp3) is 0.375. The molecule has 1 amide bonds. The van der Waals surface area contributed by atoms with E-state index in [9.17, 15) is 4.79 Å². The Morgan fingerprint density at radius 2 is 2.14 bits per heavy atom. The van der Waals surface area contributed by atoms with Crippen LogP contribution in [-0.2, 0) is 24.8 Å². The highest BCUT2D eigenvalue weighted by atomic mass is 16.5. The number of carbonyl (C=O) groups excluding carboxylic acids is 1. The Kier molecular flexibility index (Phi) is 4.62. The predicted octanol–water partition coefficient (Wildman–Crippen LogP) is 1.90. The van der Waals surface area contributed by atoms with Gasteiger partial charge in [0, 0.05) is 24.8 Å². The molecule has 0 unspecified atom stereocenters. The summed E-state index contributed by atoms with van der Waals surface area (Å²) in [4.78, 5) is 12.0. The third-order valence-electron chi connectivity index (χ3n) is 3.62. The molecule has 1 aromatic carbocycles. The summed E-state index contributed by atoms with van der Waals surface area (Å²) >= 11 is 0. The molecule has 1 heterocycles. The molecule has 0 aliphatic heterocycles. The first-order chi connectivity index (χ1) is 10.0. The highest BCUT2D eigenvalue weighted by molar-refractivity contribution is 5.78. The van der Waals surface area contributed by atoms with Crippen LogP contribution in [0.1, 0.15) is 22.5 Å². The minimum Gasteiger partial charge on any atom is -0.497 e. The molecule has 2 rings (SSSR count). The van der Waals surface area contributed by atoms with Crippen LogP contribution in [0.4, 0.5) is 0 Å². The first kappa shape index (κ1) is 15.1. The van der Waals surface area contributed by atoms with Crippen molar-refractivity contribution in [2.45, 2.75) is 26.8 Å². The molecule has 112 valence electrons. The highest BCUT2D eigenvalue weighted by Gasteiger charge is 2.11. The third-order valence-corrected chi connectivity index (χ3v) is 3.62. The monoisotopic (exact) mass is 287 g/mol. The van der Waals surface area contributed by atoms with Crippen molar-refractivity contribution < 1.29 is 9.53 Å². The normalized spacial score (nSPS) is 10.5. The molecule has 0 saturated heterocycles. The Labute approximate surface area is 124 Å². The summed E-state index contributed by atoms with van der Waals surface area (Å²) in [5.74, 6) is 0.755. The molecule has 2 aromatic rings. The molecule has 0 aliphatic rings. The molecule has 21 heavy (non-hydrogen) atoms. The molecule has 5 nitrogen and oxygen atoms in total. The fourth-order valence-electron chi connectivity index (χ4n) is 2.29. The number of ether oxygens (including phenoxy) is 1. The number of hydrogen-bond donors (Lipinski definition) is 1. The minimum absolute atomic E-state index is 0.00842. The van der Waals surface area contributed by atoms with Gasteiger partial charge in [-0.1, -0.05) is 12.1 Å². The Morgan fingerprint density at radius 1 is 1.38 bits per heavy atom. The van der Waals surface area contributed by atoms with E-state index in [-0.39, 0.29) is 5.91 Å². The van der Waals surface area contributed by atoms with Crippen molar-refractivity contribution in [3.63, 3.8) is 0 Å². The molecule has 1 N–H and O–H groups in total. The molecule has 0 aliphatic carbocycles. The summed E-state index contributed by atoms with van der Waals surface area (Å²) in [5.41, 5.74) is 4.05. The number of nitrogens with zero attached hydrogens (tertiary/aromatic N) is 2. The van der Waals surface area contributed by atoms with Gasteiger partial charge in [-0.05, 0) is 31.5 Å². The van der Waals surface area contributed by atoms with Crippen LogP contribution in [0.15, 0.2) is 24.3 Å². The van der Waals surface area contributed by atoms with Crippen LogP contribution in [0.25, 0.3) is 0 Å². The summed E-state index contributed by atoms with van der Waals surface area (Å²) < 4.78 is 6.99. The van der Waals surface area contributed by atoms with Crippen LogP contribution < -0.4 is 10.1 Å². The second kappa shape index (κ2) is 6.43. The van der Waals surface area contributed by atoms with Crippen LogP contribution >= 0.6 is 0 Å². The van der Waals surface area contributed by atoms with Crippen LogP contribution in [0.3, 0.4) is 0 Å². The Bertz CT molecular complexity index is 647. The second-order valence-electron chi connectivity index (χ2n) is 5.08. The number of aryl methyl sites for hydroxylation is 2. The molecule has 0 saturated carbocycles. The Balaban J connectivity index is 1.96. The molecule has 5 heteroatoms. The van der Waals surface area contributed by atoms with Gasteiger partial charge in [-0.3, -0.25) is 9.48 Å². The number of hydrogen-bond acceptors (Lipinski definition) is 3. The number of benzene rings is 1. The average Bonchev–Trinajstić information content (AvgIpc) is 2.70. The van der Waals surface area contributed by atoms with Crippen molar-refractivity contribution in [3.8, 4) is 5.75 Å². The number of amides is 1.